The van der Waals surface area contributed by atoms with E-state index in [0.29, 0.717) is 5.69 Å². The van der Waals surface area contributed by atoms with E-state index in [4.69, 9.17) is 16.7 Å². The van der Waals surface area contributed by atoms with Crippen LogP contribution in [0.25, 0.3) is 0 Å². The Balaban J connectivity index is 3.12. The van der Waals surface area contributed by atoms with Gasteiger partial charge in [0, 0.05) is 5.69 Å². The molecule has 0 atom stereocenters. The van der Waals surface area contributed by atoms with Crippen LogP contribution >= 0.6 is 0 Å². The topological polar surface area (TPSA) is 101 Å². The van der Waals surface area contributed by atoms with Gasteiger partial charge in [0.05, 0.1) is 11.3 Å². The van der Waals surface area contributed by atoms with Crippen LogP contribution in [0.1, 0.15) is 10.4 Å². The van der Waals surface area contributed by atoms with Gasteiger partial charge in [0.15, 0.2) is 0 Å². The van der Waals surface area contributed by atoms with Gasteiger partial charge in [-0.3, -0.25) is 5.84 Å². The first-order chi connectivity index (χ1) is 5.65. The first kappa shape index (κ1) is 8.35. The van der Waals surface area contributed by atoms with E-state index >= 15 is 0 Å². The van der Waals surface area contributed by atoms with E-state index in [1.54, 1.807) is 6.07 Å². The van der Waals surface area contributed by atoms with Gasteiger partial charge in [-0.1, -0.05) is 0 Å². The lowest BCUT2D eigenvalue weighted by Crippen LogP contribution is -2.08. The molecule has 0 spiro atoms. The highest BCUT2D eigenvalue weighted by Gasteiger charge is 2.06. The van der Waals surface area contributed by atoms with E-state index in [1.165, 1.54) is 12.1 Å². The number of carboxylic acid groups (broad SMARTS) is 1. The summed E-state index contributed by atoms with van der Waals surface area (Å²) >= 11 is 0. The molecular weight excluding hydrogens is 158 g/mol. The highest BCUT2D eigenvalue weighted by atomic mass is 16.4. The normalized spacial score (nSPS) is 9.42. The zero-order valence-corrected chi connectivity index (χ0v) is 6.24. The van der Waals surface area contributed by atoms with Gasteiger partial charge >= 0.3 is 5.97 Å². The van der Waals surface area contributed by atoms with Gasteiger partial charge in [-0.2, -0.15) is 0 Å². The largest absolute Gasteiger partial charge is 0.478 e. The van der Waals surface area contributed by atoms with Gasteiger partial charge in [-0.15, -0.1) is 0 Å². The van der Waals surface area contributed by atoms with E-state index in [2.05, 4.69) is 5.43 Å². The molecule has 1 aromatic carbocycles. The minimum absolute atomic E-state index is 0.0778. The number of nitrogen functional groups attached to an aromatic ring is 2. The Morgan fingerprint density at radius 1 is 1.50 bits per heavy atom. The SMILES string of the molecule is NNc1ccc(C(=O)O)c(N)c1. The van der Waals surface area contributed by atoms with Crippen molar-refractivity contribution in [2.75, 3.05) is 11.2 Å². The van der Waals surface area contributed by atoms with Crippen molar-refractivity contribution >= 4 is 17.3 Å². The van der Waals surface area contributed by atoms with Crippen LogP contribution in [0.5, 0.6) is 0 Å². The molecule has 6 N–H and O–H groups in total. The van der Waals surface area contributed by atoms with E-state index in [0.717, 1.165) is 0 Å². The van der Waals surface area contributed by atoms with E-state index < -0.39 is 5.97 Å². The summed E-state index contributed by atoms with van der Waals surface area (Å²) in [4.78, 5) is 10.5. The zero-order chi connectivity index (χ0) is 9.14. The average molecular weight is 167 g/mol. The second-order valence-electron chi connectivity index (χ2n) is 2.25. The first-order valence-corrected chi connectivity index (χ1v) is 3.24. The first-order valence-electron chi connectivity index (χ1n) is 3.24. The van der Waals surface area contributed by atoms with Gasteiger partial charge in [-0.05, 0) is 18.2 Å². The van der Waals surface area contributed by atoms with E-state index in [-0.39, 0.29) is 11.3 Å². The van der Waals surface area contributed by atoms with Crippen molar-refractivity contribution in [3.05, 3.63) is 23.8 Å². The third-order valence-electron chi connectivity index (χ3n) is 1.45. The predicted molar refractivity (Wildman–Crippen MR) is 45.6 cm³/mol. The van der Waals surface area contributed by atoms with Crippen LogP contribution < -0.4 is 17.0 Å². The summed E-state index contributed by atoms with van der Waals surface area (Å²) in [7, 11) is 0. The minimum Gasteiger partial charge on any atom is -0.478 e. The molecular formula is C7H9N3O2. The van der Waals surface area contributed by atoms with Crippen LogP contribution in [0.2, 0.25) is 0 Å². The maximum Gasteiger partial charge on any atom is 0.337 e. The number of hydrazine groups is 1. The molecule has 0 radical (unpaired) electrons. The Morgan fingerprint density at radius 3 is 2.58 bits per heavy atom. The smallest absolute Gasteiger partial charge is 0.337 e. The molecule has 0 amide bonds. The van der Waals surface area contributed by atoms with Crippen molar-refractivity contribution in [3.8, 4) is 0 Å². The van der Waals surface area contributed by atoms with Crippen molar-refractivity contribution < 1.29 is 9.90 Å². The molecule has 0 aliphatic heterocycles. The second kappa shape index (κ2) is 3.10. The summed E-state index contributed by atoms with van der Waals surface area (Å²) in [6.45, 7) is 0. The van der Waals surface area contributed by atoms with Crippen LogP contribution in [-0.4, -0.2) is 11.1 Å². The molecule has 0 bridgehead atoms. The number of carbonyl (C=O) groups is 1. The molecule has 0 heterocycles. The molecule has 12 heavy (non-hydrogen) atoms. The molecule has 0 aromatic heterocycles. The lowest BCUT2D eigenvalue weighted by atomic mass is 10.1. The number of anilines is 2. The van der Waals surface area contributed by atoms with Crippen LogP contribution in [0.4, 0.5) is 11.4 Å². The quantitative estimate of drug-likeness (QED) is 0.287. The summed E-state index contributed by atoms with van der Waals surface area (Å²) in [6.07, 6.45) is 0. The number of benzene rings is 1. The van der Waals surface area contributed by atoms with E-state index in [1.807, 2.05) is 0 Å². The number of nitrogens with one attached hydrogen (secondary N) is 1. The molecule has 0 saturated carbocycles. The van der Waals surface area contributed by atoms with Gasteiger partial charge in [0.25, 0.3) is 0 Å². The van der Waals surface area contributed by atoms with Crippen molar-refractivity contribution in [1.82, 2.24) is 0 Å². The number of nitrogens with two attached hydrogens (primary N) is 2. The summed E-state index contributed by atoms with van der Waals surface area (Å²) < 4.78 is 0. The van der Waals surface area contributed by atoms with Crippen molar-refractivity contribution in [1.29, 1.82) is 0 Å². The minimum atomic E-state index is -1.05. The lowest BCUT2D eigenvalue weighted by Gasteiger charge is -2.03. The van der Waals surface area contributed by atoms with Gasteiger partial charge < -0.3 is 16.3 Å². The van der Waals surface area contributed by atoms with Crippen LogP contribution in [-0.2, 0) is 0 Å². The van der Waals surface area contributed by atoms with Crippen molar-refractivity contribution in [2.45, 2.75) is 0 Å². The van der Waals surface area contributed by atoms with E-state index in [9.17, 15) is 4.79 Å². The molecule has 1 aromatic rings. The fourth-order valence-electron chi connectivity index (χ4n) is 0.847. The Hall–Kier alpha value is -1.75. The summed E-state index contributed by atoms with van der Waals surface area (Å²) in [6, 6.07) is 4.40. The molecule has 5 nitrogen and oxygen atoms in total. The maximum atomic E-state index is 10.5. The number of rotatable bonds is 2. The number of carboxylic acids is 1. The third-order valence-corrected chi connectivity index (χ3v) is 1.45. The second-order valence-corrected chi connectivity index (χ2v) is 2.25. The molecule has 0 fully saturated rings. The molecule has 0 aliphatic rings. The highest BCUT2D eigenvalue weighted by Crippen LogP contribution is 2.16. The molecule has 64 valence electrons. The summed E-state index contributed by atoms with van der Waals surface area (Å²) in [5.74, 6) is 4.05. The van der Waals surface area contributed by atoms with Gasteiger partial charge in [0.1, 0.15) is 0 Å². The molecule has 0 saturated heterocycles. The van der Waals surface area contributed by atoms with Crippen LogP contribution in [0, 0.1) is 0 Å². The van der Waals surface area contributed by atoms with Gasteiger partial charge in [-0.25, -0.2) is 4.79 Å². The fraction of sp³-hybridized carbons (Fsp3) is 0. The summed E-state index contributed by atoms with van der Waals surface area (Å²) in [5.41, 5.74) is 8.63. The average Bonchev–Trinajstić information content (AvgIpc) is 2.03. The number of aromatic carboxylic acids is 1. The maximum absolute atomic E-state index is 10.5. The van der Waals surface area contributed by atoms with Gasteiger partial charge in [0.2, 0.25) is 0 Å². The summed E-state index contributed by atoms with van der Waals surface area (Å²) in [5, 5.41) is 8.60. The fourth-order valence-corrected chi connectivity index (χ4v) is 0.847. The molecule has 0 unspecified atom stereocenters. The number of hydrogen-bond donors (Lipinski definition) is 4. The van der Waals surface area contributed by atoms with Crippen molar-refractivity contribution in [3.63, 3.8) is 0 Å². The Bertz CT molecular complexity index is 312. The molecule has 1 rings (SSSR count). The van der Waals surface area contributed by atoms with Crippen molar-refractivity contribution in [2.24, 2.45) is 5.84 Å². The Kier molecular flexibility index (Phi) is 2.16. The Morgan fingerprint density at radius 2 is 2.17 bits per heavy atom. The third kappa shape index (κ3) is 1.46. The zero-order valence-electron chi connectivity index (χ0n) is 6.24. The highest BCUT2D eigenvalue weighted by molar-refractivity contribution is 5.94. The monoisotopic (exact) mass is 167 g/mol. The Labute approximate surface area is 69.0 Å². The van der Waals surface area contributed by atoms with Crippen LogP contribution in [0.15, 0.2) is 18.2 Å². The molecule has 0 aliphatic carbocycles. The lowest BCUT2D eigenvalue weighted by molar-refractivity contribution is 0.0698. The number of hydrogen-bond acceptors (Lipinski definition) is 4. The molecule has 5 heteroatoms. The standard InChI is InChI=1S/C7H9N3O2/c8-6-3-4(10-9)1-2-5(6)7(11)12/h1-3,10H,8-9H2,(H,11,12). The predicted octanol–water partition coefficient (Wildman–Crippen LogP) is 0.253. The van der Waals surface area contributed by atoms with Crippen LogP contribution in [0.3, 0.4) is 0 Å².